The van der Waals surface area contributed by atoms with Crippen LogP contribution in [0, 0.1) is 75.5 Å². The van der Waals surface area contributed by atoms with E-state index < -0.39 is 11.5 Å². The molecule has 3 aliphatic carbocycles. The van der Waals surface area contributed by atoms with E-state index in [4.69, 9.17) is 55.2 Å². The molecule has 1 amide bonds. The molecule has 3 aliphatic rings. The largest absolute Gasteiger partial charge is 0.449 e. The quantitative estimate of drug-likeness (QED) is 0.0331. The van der Waals surface area contributed by atoms with E-state index in [0.29, 0.717) is 81.4 Å². The van der Waals surface area contributed by atoms with Crippen LogP contribution in [0.25, 0.3) is 0 Å². The minimum absolute atomic E-state index is 0.0545. The van der Waals surface area contributed by atoms with Crippen molar-refractivity contribution < 1.29 is 38.4 Å². The number of nitriles is 3. The summed E-state index contributed by atoms with van der Waals surface area (Å²) in [6.07, 6.45) is 17.6. The highest BCUT2D eigenvalue weighted by Crippen LogP contribution is 2.31. The number of amides is 1. The van der Waals surface area contributed by atoms with Crippen LogP contribution in [0.4, 0.5) is 4.79 Å². The fourth-order valence-electron chi connectivity index (χ4n) is 7.70. The van der Waals surface area contributed by atoms with Crippen LogP contribution in [0.5, 0.6) is 0 Å². The van der Waals surface area contributed by atoms with Crippen molar-refractivity contribution in [1.82, 2.24) is 15.8 Å². The van der Waals surface area contributed by atoms with Crippen LogP contribution in [-0.4, -0.2) is 77.1 Å². The predicted molar refractivity (Wildman–Crippen MR) is 180 cm³/mol. The Hall–Kier alpha value is -3.10. The predicted octanol–water partition coefficient (Wildman–Crippen LogP) is 4.62. The third kappa shape index (κ3) is 16.3. The molecule has 0 aromatic rings. The first-order chi connectivity index (χ1) is 24.4. The second-order valence-corrected chi connectivity index (χ2v) is 14.7. The molecule has 15 heteroatoms. The van der Waals surface area contributed by atoms with Gasteiger partial charge in [-0.25, -0.2) is 14.7 Å². The lowest BCUT2D eigenvalue weighted by molar-refractivity contribution is -0.354. The van der Waals surface area contributed by atoms with Crippen molar-refractivity contribution in [2.45, 2.75) is 90.4 Å². The molecule has 0 bridgehead atoms. The number of hydrogen-bond acceptors (Lipinski definition) is 14. The first-order valence-corrected chi connectivity index (χ1v) is 18.4. The molecule has 0 aromatic heterocycles. The van der Waals surface area contributed by atoms with Gasteiger partial charge in [0.1, 0.15) is 33.2 Å². The number of nitrogens with two attached hydrogens (primary N) is 1. The average molecular weight is 706 g/mol. The van der Waals surface area contributed by atoms with Gasteiger partial charge in [-0.1, -0.05) is 26.2 Å². The molecule has 0 saturated heterocycles. The molecule has 0 heterocycles. The number of alkyl carbamates (subject to hydrolysis) is 1. The Morgan fingerprint density at radius 3 is 1.84 bits per heavy atom. The van der Waals surface area contributed by atoms with Gasteiger partial charge in [-0.05, 0) is 99.7 Å². The van der Waals surface area contributed by atoms with E-state index >= 15 is 0 Å². The summed E-state index contributed by atoms with van der Waals surface area (Å²) in [5, 5.41) is 30.8. The van der Waals surface area contributed by atoms with E-state index in [1.54, 1.807) is 23.8 Å². The Morgan fingerprint density at radius 2 is 1.28 bits per heavy atom. The van der Waals surface area contributed by atoms with Crippen molar-refractivity contribution in [3.63, 3.8) is 0 Å². The van der Waals surface area contributed by atoms with E-state index in [0.717, 1.165) is 77.0 Å². The van der Waals surface area contributed by atoms with Crippen LogP contribution in [0.2, 0.25) is 0 Å². The molecular formula is C35H59N7O8. The molecule has 15 nitrogen and oxygen atoms in total. The molecule has 0 radical (unpaired) electrons. The molecule has 3 fully saturated rings. The third-order valence-corrected chi connectivity index (χ3v) is 10.6. The number of hydroxylamine groups is 1. The van der Waals surface area contributed by atoms with Crippen molar-refractivity contribution in [3.05, 3.63) is 0 Å². The monoisotopic (exact) mass is 705 g/mol. The minimum Gasteiger partial charge on any atom is -0.449 e. The minimum atomic E-state index is -0.695. The first kappa shape index (κ1) is 41.3. The normalized spacial score (nSPS) is 26.4. The molecule has 7 atom stereocenters. The summed E-state index contributed by atoms with van der Waals surface area (Å²) in [6.45, 7) is 5.68. The molecule has 282 valence electrons. The lowest BCUT2D eigenvalue weighted by Gasteiger charge is -2.33. The van der Waals surface area contributed by atoms with E-state index in [2.05, 4.69) is 10.8 Å². The molecule has 0 spiro atoms. The highest BCUT2D eigenvalue weighted by molar-refractivity contribution is 5.67. The van der Waals surface area contributed by atoms with E-state index in [1.807, 2.05) is 6.92 Å². The number of hydrazine groups is 1. The van der Waals surface area contributed by atoms with Crippen molar-refractivity contribution in [2.75, 3.05) is 66.0 Å². The Balaban J connectivity index is 1.47. The number of nitrogens with one attached hydrogen (secondary N) is 2. The van der Waals surface area contributed by atoms with Crippen LogP contribution in [0.15, 0.2) is 0 Å². The Bertz CT molecular complexity index is 1080. The standard InChI is InChI=1S/C35H59N7O8/c1-2-35(23-49-50-41-16-29-7-4-10-32(13-29)19-45-25-37,21-47-27-42(39)17-30-8-5-11-33(14-30)20-46-26-38)22-48-34(43)40-15-28-6-3-9-31(12-28)18-44-24-36/h28-33,41H,2-23,27,39H2,1H3,(H,40,43). The molecule has 3 saturated carbocycles. The maximum atomic E-state index is 12.8. The highest BCUT2D eigenvalue weighted by atomic mass is 17.3. The fourth-order valence-corrected chi connectivity index (χ4v) is 7.70. The van der Waals surface area contributed by atoms with Gasteiger partial charge >= 0.3 is 6.09 Å². The van der Waals surface area contributed by atoms with Gasteiger partial charge in [-0.15, -0.1) is 4.99 Å². The van der Waals surface area contributed by atoms with E-state index in [-0.39, 0.29) is 26.6 Å². The van der Waals surface area contributed by atoms with Crippen LogP contribution in [-0.2, 0) is 33.6 Å². The molecule has 0 aromatic carbocycles. The Labute approximate surface area is 297 Å². The van der Waals surface area contributed by atoms with E-state index in [1.165, 1.54) is 0 Å². The van der Waals surface area contributed by atoms with Gasteiger partial charge < -0.3 is 29.0 Å². The fraction of sp³-hybridized carbons (Fsp3) is 0.886. The van der Waals surface area contributed by atoms with Crippen LogP contribution in [0.1, 0.15) is 90.4 Å². The zero-order chi connectivity index (χ0) is 35.9. The topological polar surface area (TPSA) is 206 Å². The Morgan fingerprint density at radius 1 is 0.760 bits per heavy atom. The highest BCUT2D eigenvalue weighted by Gasteiger charge is 2.33. The van der Waals surface area contributed by atoms with Crippen molar-refractivity contribution >= 4 is 6.09 Å². The maximum Gasteiger partial charge on any atom is 0.407 e. The first-order valence-electron chi connectivity index (χ1n) is 18.4. The van der Waals surface area contributed by atoms with Gasteiger partial charge in [0.2, 0.25) is 0 Å². The number of rotatable bonds is 23. The summed E-state index contributed by atoms with van der Waals surface area (Å²) in [6, 6.07) is 0. The van der Waals surface area contributed by atoms with Crippen molar-refractivity contribution in [3.8, 4) is 18.8 Å². The van der Waals surface area contributed by atoms with Gasteiger partial charge in [0, 0.05) is 19.6 Å². The number of carbonyl (C=O) groups excluding carboxylic acids is 1. The maximum absolute atomic E-state index is 12.8. The summed E-state index contributed by atoms with van der Waals surface area (Å²) in [4.78, 5) is 23.9. The molecule has 4 N–H and O–H groups in total. The van der Waals surface area contributed by atoms with E-state index in [9.17, 15) is 4.79 Å². The number of carbonyl (C=O) groups is 1. The summed E-state index contributed by atoms with van der Waals surface area (Å²) in [7, 11) is 0. The van der Waals surface area contributed by atoms with Gasteiger partial charge in [-0.3, -0.25) is 5.84 Å². The summed E-state index contributed by atoms with van der Waals surface area (Å²) < 4.78 is 26.7. The SMILES string of the molecule is CCC(COCN(N)CC1CCCC(COC#N)C1)(COONCC1CCCC(COC#N)C1)COC(=O)NCC1CCCC(COC#N)C1. The number of ether oxygens (including phenoxy) is 5. The molecular weight excluding hydrogens is 646 g/mol. The average Bonchev–Trinajstić information content (AvgIpc) is 3.13. The number of nitrogens with zero attached hydrogens (tertiary/aromatic N) is 4. The molecule has 0 aliphatic heterocycles. The second kappa shape index (κ2) is 24.2. The molecule has 3 rings (SSSR count). The second-order valence-electron chi connectivity index (χ2n) is 14.7. The van der Waals surface area contributed by atoms with Crippen molar-refractivity contribution in [2.24, 2.45) is 46.8 Å². The van der Waals surface area contributed by atoms with Crippen LogP contribution in [0.3, 0.4) is 0 Å². The number of hydrogen-bond donors (Lipinski definition) is 3. The summed E-state index contributed by atoms with van der Waals surface area (Å²) >= 11 is 0. The zero-order valence-electron chi connectivity index (χ0n) is 29.9. The molecule has 7 unspecified atom stereocenters. The summed E-state index contributed by atoms with van der Waals surface area (Å²) in [5.41, 5.74) is 2.24. The van der Waals surface area contributed by atoms with Gasteiger partial charge in [0.25, 0.3) is 18.8 Å². The van der Waals surface area contributed by atoms with Gasteiger partial charge in [0.15, 0.2) is 0 Å². The third-order valence-electron chi connectivity index (χ3n) is 10.6. The lowest BCUT2D eigenvalue weighted by atomic mass is 9.82. The van der Waals surface area contributed by atoms with Gasteiger partial charge in [0.05, 0.1) is 18.6 Å². The Kier molecular flexibility index (Phi) is 20.0. The summed E-state index contributed by atoms with van der Waals surface area (Å²) in [5.74, 6) is 8.48. The van der Waals surface area contributed by atoms with Gasteiger partial charge in [-0.2, -0.15) is 21.3 Å². The van der Waals surface area contributed by atoms with Crippen LogP contribution < -0.4 is 16.6 Å². The zero-order valence-corrected chi connectivity index (χ0v) is 29.9. The molecule has 50 heavy (non-hydrogen) atoms. The van der Waals surface area contributed by atoms with Crippen molar-refractivity contribution in [1.29, 1.82) is 15.8 Å². The van der Waals surface area contributed by atoms with Crippen LogP contribution >= 0.6 is 0 Å². The lowest BCUT2D eigenvalue weighted by Crippen LogP contribution is -2.43. The smallest absolute Gasteiger partial charge is 0.407 e.